The van der Waals surface area contributed by atoms with E-state index >= 15 is 0 Å². The average Bonchev–Trinajstić information content (AvgIpc) is 3.47. The van der Waals surface area contributed by atoms with E-state index < -0.39 is 0 Å². The summed E-state index contributed by atoms with van der Waals surface area (Å²) in [6.45, 7) is 1.67. The first-order chi connectivity index (χ1) is 14.7. The number of piperidine rings is 1. The van der Waals surface area contributed by atoms with Crippen molar-refractivity contribution in [1.82, 2.24) is 20.3 Å². The predicted molar refractivity (Wildman–Crippen MR) is 119 cm³/mol. The molecule has 1 amide bonds. The number of carbonyl (C=O) groups is 1. The number of aromatic nitrogens is 3. The maximum absolute atomic E-state index is 13.1. The van der Waals surface area contributed by atoms with Gasteiger partial charge in [-0.15, -0.1) is 0 Å². The highest BCUT2D eigenvalue weighted by atomic mass is 35.5. The average molecular weight is 425 g/mol. The first kappa shape index (κ1) is 19.2. The van der Waals surface area contributed by atoms with Crippen LogP contribution in [0.3, 0.4) is 0 Å². The Morgan fingerprint density at radius 1 is 1.23 bits per heavy atom. The van der Waals surface area contributed by atoms with E-state index in [1.165, 1.54) is 0 Å². The molecule has 3 aromatic rings. The van der Waals surface area contributed by atoms with Gasteiger partial charge in [0.15, 0.2) is 0 Å². The van der Waals surface area contributed by atoms with E-state index in [2.05, 4.69) is 30.5 Å². The monoisotopic (exact) mass is 424 g/mol. The molecule has 1 aromatic carbocycles. The Labute approximate surface area is 180 Å². The number of nitrogens with zero attached hydrogens (tertiary/aromatic N) is 3. The van der Waals surface area contributed by atoms with E-state index in [0.717, 1.165) is 61.3 Å². The van der Waals surface area contributed by atoms with Crippen LogP contribution in [-0.2, 0) is 4.79 Å². The maximum Gasteiger partial charge on any atom is 0.243 e. The second kappa shape index (κ2) is 8.14. The second-order valence-corrected chi connectivity index (χ2v) is 8.64. The second-order valence-electron chi connectivity index (χ2n) is 8.20. The number of nitrogens with one attached hydrogen (secondary N) is 3. The van der Waals surface area contributed by atoms with Crippen molar-refractivity contribution in [1.29, 1.82) is 0 Å². The topological polar surface area (TPSA) is 85.9 Å². The summed E-state index contributed by atoms with van der Waals surface area (Å²) in [5.74, 6) is 1.37. The Kier molecular flexibility index (Phi) is 5.21. The van der Waals surface area contributed by atoms with Gasteiger partial charge >= 0.3 is 0 Å². The number of benzene rings is 1. The number of carbonyl (C=O) groups excluding carboxylic acids is 1. The number of hydrogen-bond acceptors (Lipinski definition) is 5. The van der Waals surface area contributed by atoms with Crippen LogP contribution in [0.5, 0.6) is 0 Å². The first-order valence-corrected chi connectivity index (χ1v) is 10.9. The fourth-order valence-corrected chi connectivity index (χ4v) is 4.46. The Hall–Kier alpha value is -2.80. The fraction of sp³-hybridized carbons (Fsp3) is 0.409. The smallest absolute Gasteiger partial charge is 0.243 e. The first-order valence-electron chi connectivity index (χ1n) is 10.5. The highest BCUT2D eigenvalue weighted by Crippen LogP contribution is 2.35. The maximum atomic E-state index is 13.1. The van der Waals surface area contributed by atoms with Crippen molar-refractivity contribution in [3.05, 3.63) is 47.9 Å². The highest BCUT2D eigenvalue weighted by molar-refractivity contribution is 6.30. The van der Waals surface area contributed by atoms with Crippen LogP contribution >= 0.6 is 11.6 Å². The largest absolute Gasteiger partial charge is 0.373 e. The molecule has 0 bridgehead atoms. The standard InChI is InChI=1S/C22H25ClN6O/c23-15-3-1-4-16(11-15)27-19(14-6-7-14)22(30)28-17-5-2-10-29(12-17)21-18-8-9-24-20(18)25-13-26-21/h1,3-4,8-9,11,13-14,17,19,27H,2,5-7,10,12H2,(H,28,30)(H,24,25,26)/t17-,19-/m1/s1. The molecule has 1 aliphatic heterocycles. The van der Waals surface area contributed by atoms with Crippen molar-refractivity contribution in [2.75, 3.05) is 23.3 Å². The third kappa shape index (κ3) is 4.07. The molecule has 1 aliphatic carbocycles. The van der Waals surface area contributed by atoms with Gasteiger partial charge in [0.1, 0.15) is 23.8 Å². The molecule has 3 N–H and O–H groups in total. The van der Waals surface area contributed by atoms with E-state index in [-0.39, 0.29) is 18.0 Å². The van der Waals surface area contributed by atoms with Gasteiger partial charge in [-0.1, -0.05) is 17.7 Å². The van der Waals surface area contributed by atoms with Gasteiger partial charge in [-0.05, 0) is 55.9 Å². The lowest BCUT2D eigenvalue weighted by Gasteiger charge is -2.35. The molecule has 2 fully saturated rings. The number of hydrogen-bond donors (Lipinski definition) is 3. The summed E-state index contributed by atoms with van der Waals surface area (Å²) in [4.78, 5) is 27.3. The van der Waals surface area contributed by atoms with E-state index in [1.54, 1.807) is 6.33 Å². The lowest BCUT2D eigenvalue weighted by atomic mass is 10.0. The van der Waals surface area contributed by atoms with Crippen molar-refractivity contribution in [2.45, 2.75) is 37.8 Å². The Morgan fingerprint density at radius 3 is 2.97 bits per heavy atom. The van der Waals surface area contributed by atoms with E-state index in [9.17, 15) is 4.79 Å². The lowest BCUT2D eigenvalue weighted by molar-refractivity contribution is -0.123. The van der Waals surface area contributed by atoms with Crippen LogP contribution in [0.4, 0.5) is 11.5 Å². The van der Waals surface area contributed by atoms with Crippen LogP contribution < -0.4 is 15.5 Å². The molecule has 0 spiro atoms. The van der Waals surface area contributed by atoms with Gasteiger partial charge in [0.05, 0.1) is 5.39 Å². The van der Waals surface area contributed by atoms with Gasteiger partial charge in [-0.2, -0.15) is 0 Å². The van der Waals surface area contributed by atoms with Gasteiger partial charge in [0, 0.05) is 36.0 Å². The molecule has 5 rings (SSSR count). The summed E-state index contributed by atoms with van der Waals surface area (Å²) in [5.41, 5.74) is 1.72. The number of fused-ring (bicyclic) bond motifs is 1. The summed E-state index contributed by atoms with van der Waals surface area (Å²) in [5, 5.41) is 8.37. The number of H-pyrrole nitrogens is 1. The third-order valence-electron chi connectivity index (χ3n) is 5.92. The van der Waals surface area contributed by atoms with Crippen molar-refractivity contribution in [2.24, 2.45) is 5.92 Å². The number of anilines is 2. The zero-order chi connectivity index (χ0) is 20.5. The molecule has 2 atom stereocenters. The number of rotatable bonds is 6. The third-order valence-corrected chi connectivity index (χ3v) is 6.16. The highest BCUT2D eigenvalue weighted by Gasteiger charge is 2.37. The van der Waals surface area contributed by atoms with Gasteiger partial charge in [-0.3, -0.25) is 4.79 Å². The summed E-state index contributed by atoms with van der Waals surface area (Å²) >= 11 is 6.11. The van der Waals surface area contributed by atoms with Crippen LogP contribution in [0.2, 0.25) is 5.02 Å². The molecule has 0 unspecified atom stereocenters. The summed E-state index contributed by atoms with van der Waals surface area (Å²) in [6, 6.07) is 9.43. The fourth-order valence-electron chi connectivity index (χ4n) is 4.27. The van der Waals surface area contributed by atoms with Crippen LogP contribution in [0.1, 0.15) is 25.7 Å². The van der Waals surface area contributed by atoms with Gasteiger partial charge in [0.2, 0.25) is 5.91 Å². The predicted octanol–water partition coefficient (Wildman–Crippen LogP) is 3.59. The molecule has 1 saturated carbocycles. The molecule has 2 aromatic heterocycles. The van der Waals surface area contributed by atoms with Crippen LogP contribution in [0, 0.1) is 5.92 Å². The quantitative estimate of drug-likeness (QED) is 0.563. The van der Waals surface area contributed by atoms with E-state index in [1.807, 2.05) is 36.5 Å². The van der Waals surface area contributed by atoms with Crippen molar-refractivity contribution >= 4 is 40.0 Å². The number of aromatic amines is 1. The number of halogens is 1. The zero-order valence-corrected chi connectivity index (χ0v) is 17.4. The minimum atomic E-state index is -0.228. The Balaban J connectivity index is 1.27. The molecule has 0 radical (unpaired) electrons. The molecule has 1 saturated heterocycles. The van der Waals surface area contributed by atoms with E-state index in [0.29, 0.717) is 10.9 Å². The molecule has 156 valence electrons. The SMILES string of the molecule is O=C(N[C@@H]1CCCN(c2ncnc3[nH]ccc23)C1)[C@H](Nc1cccc(Cl)c1)C1CC1. The number of amides is 1. The molecule has 3 heterocycles. The minimum Gasteiger partial charge on any atom is -0.373 e. The normalized spacial score (nSPS) is 20.2. The van der Waals surface area contributed by atoms with E-state index in [4.69, 9.17) is 11.6 Å². The van der Waals surface area contributed by atoms with Crippen LogP contribution in [0.15, 0.2) is 42.9 Å². The van der Waals surface area contributed by atoms with Crippen LogP contribution in [-0.4, -0.2) is 46.0 Å². The molecule has 30 heavy (non-hydrogen) atoms. The molecule has 8 heteroatoms. The molecule has 7 nitrogen and oxygen atoms in total. The Bertz CT molecular complexity index is 1050. The Morgan fingerprint density at radius 2 is 2.13 bits per heavy atom. The van der Waals surface area contributed by atoms with Gasteiger partial charge < -0.3 is 20.5 Å². The molecular formula is C22H25ClN6O. The lowest BCUT2D eigenvalue weighted by Crippen LogP contribution is -2.52. The summed E-state index contributed by atoms with van der Waals surface area (Å²) < 4.78 is 0. The minimum absolute atomic E-state index is 0.0683. The van der Waals surface area contributed by atoms with Crippen molar-refractivity contribution in [3.63, 3.8) is 0 Å². The zero-order valence-electron chi connectivity index (χ0n) is 16.6. The summed E-state index contributed by atoms with van der Waals surface area (Å²) in [6.07, 6.45) is 7.61. The van der Waals surface area contributed by atoms with Gasteiger partial charge in [0.25, 0.3) is 0 Å². The molecular weight excluding hydrogens is 400 g/mol. The van der Waals surface area contributed by atoms with Crippen molar-refractivity contribution in [3.8, 4) is 0 Å². The van der Waals surface area contributed by atoms with Crippen molar-refractivity contribution < 1.29 is 4.79 Å². The van der Waals surface area contributed by atoms with Crippen LogP contribution in [0.25, 0.3) is 11.0 Å². The summed E-state index contributed by atoms with van der Waals surface area (Å²) in [7, 11) is 0. The van der Waals surface area contributed by atoms with Gasteiger partial charge in [-0.25, -0.2) is 9.97 Å². The molecule has 2 aliphatic rings.